The first-order chi connectivity index (χ1) is 4.27. The molecule has 0 aromatic heterocycles. The molecule has 0 fully saturated rings. The summed E-state index contributed by atoms with van der Waals surface area (Å²) in [6.07, 6.45) is 7.52. The Labute approximate surface area is 62.6 Å². The van der Waals surface area contributed by atoms with Gasteiger partial charge in [-0.2, -0.15) is 0 Å². The van der Waals surface area contributed by atoms with Crippen molar-refractivity contribution in [3.63, 3.8) is 0 Å². The van der Waals surface area contributed by atoms with Crippen LogP contribution in [0.2, 0.25) is 0 Å². The minimum atomic E-state index is -1.13. The summed E-state index contributed by atoms with van der Waals surface area (Å²) in [7, 11) is 0. The van der Waals surface area contributed by atoms with Crippen molar-refractivity contribution in [3.8, 4) is 0 Å². The van der Waals surface area contributed by atoms with Gasteiger partial charge in [0.2, 0.25) is 0 Å². The van der Waals surface area contributed by atoms with Crippen LogP contribution in [0, 0.1) is 0 Å². The van der Waals surface area contributed by atoms with E-state index >= 15 is 0 Å². The maximum absolute atomic E-state index is 13.1. The molecule has 0 aromatic carbocycles. The predicted molar refractivity (Wildman–Crippen MR) is 40.5 cm³/mol. The molecule has 1 rings (SSSR count). The second kappa shape index (κ2) is 2.65. The number of allylic oxidation sites excluding steroid dienone is 4. The number of hydrogen-bond acceptors (Lipinski definition) is 0. The second-order valence-corrected chi connectivity index (χ2v) is 2.72. The molecule has 0 saturated carbocycles. The van der Waals surface area contributed by atoms with Crippen LogP contribution in [0.3, 0.4) is 0 Å². The molecule has 1 aliphatic carbocycles. The van der Waals surface area contributed by atoms with Crippen molar-refractivity contribution in [2.24, 2.45) is 0 Å². The van der Waals surface area contributed by atoms with Gasteiger partial charge in [-0.15, -0.1) is 0 Å². The highest BCUT2D eigenvalue weighted by atomic mass is 79.9. The third-order valence-electron chi connectivity index (χ3n) is 1.32. The van der Waals surface area contributed by atoms with Crippen LogP contribution in [0.15, 0.2) is 24.3 Å². The van der Waals surface area contributed by atoms with Crippen molar-refractivity contribution in [2.45, 2.75) is 12.1 Å². The molecule has 0 radical (unpaired) electrons. The van der Waals surface area contributed by atoms with Gasteiger partial charge in [0, 0.05) is 11.8 Å². The van der Waals surface area contributed by atoms with Crippen molar-refractivity contribution >= 4 is 15.9 Å². The van der Waals surface area contributed by atoms with E-state index in [0.717, 1.165) is 0 Å². The zero-order chi connectivity index (χ0) is 6.74. The Morgan fingerprint density at radius 2 is 2.33 bits per heavy atom. The SMILES string of the molecule is FC1(CBr)C=CC=CC1. The van der Waals surface area contributed by atoms with Crippen LogP contribution in [-0.4, -0.2) is 11.0 Å². The summed E-state index contributed by atoms with van der Waals surface area (Å²) in [5, 5.41) is 0.390. The summed E-state index contributed by atoms with van der Waals surface area (Å²) in [6, 6.07) is 0. The van der Waals surface area contributed by atoms with Crippen LogP contribution >= 0.6 is 15.9 Å². The van der Waals surface area contributed by atoms with E-state index in [1.165, 1.54) is 0 Å². The second-order valence-electron chi connectivity index (χ2n) is 2.16. The minimum absolute atomic E-state index is 0.390. The number of rotatable bonds is 1. The number of alkyl halides is 2. The summed E-state index contributed by atoms with van der Waals surface area (Å²) in [6.45, 7) is 0. The van der Waals surface area contributed by atoms with Crippen LogP contribution in [0.4, 0.5) is 4.39 Å². The van der Waals surface area contributed by atoms with E-state index in [1.807, 2.05) is 12.2 Å². The van der Waals surface area contributed by atoms with Gasteiger partial charge in [0.05, 0.1) is 0 Å². The van der Waals surface area contributed by atoms with Gasteiger partial charge in [-0.05, 0) is 6.08 Å². The molecule has 1 aliphatic rings. The van der Waals surface area contributed by atoms with E-state index < -0.39 is 5.67 Å². The average molecular weight is 191 g/mol. The smallest absolute Gasteiger partial charge is 0.142 e. The summed E-state index contributed by atoms with van der Waals surface area (Å²) >= 11 is 3.11. The van der Waals surface area contributed by atoms with Crippen LogP contribution in [0.1, 0.15) is 6.42 Å². The molecule has 50 valence electrons. The Balaban J connectivity index is 2.63. The van der Waals surface area contributed by atoms with Gasteiger partial charge in [-0.3, -0.25) is 0 Å². The molecule has 0 amide bonds. The van der Waals surface area contributed by atoms with Gasteiger partial charge < -0.3 is 0 Å². The van der Waals surface area contributed by atoms with Crippen molar-refractivity contribution in [2.75, 3.05) is 5.33 Å². The first-order valence-electron chi connectivity index (χ1n) is 2.86. The molecule has 0 N–H and O–H groups in total. The molecule has 0 spiro atoms. The summed E-state index contributed by atoms with van der Waals surface area (Å²) < 4.78 is 13.1. The molecule has 0 aromatic rings. The number of halogens is 2. The maximum Gasteiger partial charge on any atom is 0.142 e. The zero-order valence-electron chi connectivity index (χ0n) is 4.98. The molecular weight excluding hydrogens is 183 g/mol. The lowest BCUT2D eigenvalue weighted by Gasteiger charge is -2.17. The van der Waals surface area contributed by atoms with Gasteiger partial charge >= 0.3 is 0 Å². The molecule has 0 aliphatic heterocycles. The van der Waals surface area contributed by atoms with Crippen LogP contribution in [-0.2, 0) is 0 Å². The first-order valence-corrected chi connectivity index (χ1v) is 3.98. The molecule has 1 unspecified atom stereocenters. The lowest BCUT2D eigenvalue weighted by Crippen LogP contribution is -2.21. The molecule has 0 nitrogen and oxygen atoms in total. The van der Waals surface area contributed by atoms with Crippen molar-refractivity contribution in [3.05, 3.63) is 24.3 Å². The highest BCUT2D eigenvalue weighted by Gasteiger charge is 2.23. The topological polar surface area (TPSA) is 0 Å². The molecule has 2 heteroatoms. The van der Waals surface area contributed by atoms with E-state index in [4.69, 9.17) is 0 Å². The highest BCUT2D eigenvalue weighted by molar-refractivity contribution is 9.09. The molecule has 1 atom stereocenters. The largest absolute Gasteiger partial charge is 0.238 e. The average Bonchev–Trinajstić information content (AvgIpc) is 1.90. The van der Waals surface area contributed by atoms with E-state index in [1.54, 1.807) is 12.2 Å². The fourth-order valence-electron chi connectivity index (χ4n) is 0.738. The maximum atomic E-state index is 13.1. The van der Waals surface area contributed by atoms with E-state index in [-0.39, 0.29) is 0 Å². The highest BCUT2D eigenvalue weighted by Crippen LogP contribution is 2.24. The third kappa shape index (κ3) is 1.65. The van der Waals surface area contributed by atoms with E-state index in [0.29, 0.717) is 11.8 Å². The Kier molecular flexibility index (Phi) is 2.06. The molecule has 0 heterocycles. The summed E-state index contributed by atoms with van der Waals surface area (Å²) in [5.74, 6) is 0. The fourth-order valence-corrected chi connectivity index (χ4v) is 1.15. The Morgan fingerprint density at radius 1 is 1.56 bits per heavy atom. The Hall–Kier alpha value is -0.110. The predicted octanol–water partition coefficient (Wildman–Crippen LogP) is 2.61. The molecule has 0 saturated heterocycles. The van der Waals surface area contributed by atoms with Gasteiger partial charge in [0.15, 0.2) is 0 Å². The van der Waals surface area contributed by atoms with Crippen LogP contribution in [0.5, 0.6) is 0 Å². The van der Waals surface area contributed by atoms with Crippen molar-refractivity contribution in [1.29, 1.82) is 0 Å². The van der Waals surface area contributed by atoms with Crippen LogP contribution < -0.4 is 0 Å². The first kappa shape index (κ1) is 7.00. The summed E-state index contributed by atoms with van der Waals surface area (Å²) in [4.78, 5) is 0. The fraction of sp³-hybridized carbons (Fsp3) is 0.429. The Bertz CT molecular complexity index is 151. The van der Waals surface area contributed by atoms with Crippen LogP contribution in [0.25, 0.3) is 0 Å². The molecule has 9 heavy (non-hydrogen) atoms. The lowest BCUT2D eigenvalue weighted by molar-refractivity contribution is 0.268. The van der Waals surface area contributed by atoms with Crippen molar-refractivity contribution in [1.82, 2.24) is 0 Å². The quantitative estimate of drug-likeness (QED) is 0.559. The minimum Gasteiger partial charge on any atom is -0.238 e. The zero-order valence-corrected chi connectivity index (χ0v) is 6.57. The van der Waals surface area contributed by atoms with E-state index in [2.05, 4.69) is 15.9 Å². The molecular formula is C7H8BrF. The standard InChI is InChI=1S/C7H8BrF/c8-6-7(9)4-2-1-3-5-7/h1-4H,5-6H2. The third-order valence-corrected chi connectivity index (χ3v) is 2.25. The normalized spacial score (nSPS) is 33.1. The van der Waals surface area contributed by atoms with E-state index in [9.17, 15) is 4.39 Å². The molecule has 0 bridgehead atoms. The van der Waals surface area contributed by atoms with Gasteiger partial charge in [-0.25, -0.2) is 4.39 Å². The summed E-state index contributed by atoms with van der Waals surface area (Å²) in [5.41, 5.74) is -1.13. The van der Waals surface area contributed by atoms with Gasteiger partial charge in [-0.1, -0.05) is 34.2 Å². The van der Waals surface area contributed by atoms with Gasteiger partial charge in [0.1, 0.15) is 5.67 Å². The van der Waals surface area contributed by atoms with Crippen molar-refractivity contribution < 1.29 is 4.39 Å². The lowest BCUT2D eigenvalue weighted by atomic mass is 10.0. The Morgan fingerprint density at radius 3 is 2.67 bits per heavy atom. The number of hydrogen-bond donors (Lipinski definition) is 0. The monoisotopic (exact) mass is 190 g/mol. The van der Waals surface area contributed by atoms with Gasteiger partial charge in [0.25, 0.3) is 0 Å².